The first-order valence-electron chi connectivity index (χ1n) is 7.88. The number of nitrogens with zero attached hydrogens (tertiary/aromatic N) is 2. The molecule has 0 bridgehead atoms. The molecule has 128 valence electrons. The van der Waals surface area contributed by atoms with Crippen LogP contribution in [0.5, 0.6) is 0 Å². The summed E-state index contributed by atoms with van der Waals surface area (Å²) in [5, 5.41) is 2.74. The van der Waals surface area contributed by atoms with Crippen LogP contribution in [0.1, 0.15) is 10.4 Å². The molecule has 4 aromatic rings. The summed E-state index contributed by atoms with van der Waals surface area (Å²) in [5.41, 5.74) is 1.48. The largest absolute Gasteiger partial charge is 0.463 e. The van der Waals surface area contributed by atoms with Gasteiger partial charge in [-0.15, -0.1) is 0 Å². The smallest absolute Gasteiger partial charge is 0.261 e. The van der Waals surface area contributed by atoms with E-state index in [9.17, 15) is 9.59 Å². The summed E-state index contributed by atoms with van der Waals surface area (Å²) in [6, 6.07) is 13.8. The SMILES string of the molecule is O=C(Nc1cccc(-n2ccnc2)c1)c1ccc(-c2ccco2)[nH]c1=O. The normalized spacial score (nSPS) is 10.6. The summed E-state index contributed by atoms with van der Waals surface area (Å²) in [4.78, 5) is 31.4. The summed E-state index contributed by atoms with van der Waals surface area (Å²) in [5.74, 6) is 0.0436. The zero-order valence-electron chi connectivity index (χ0n) is 13.5. The molecule has 0 aliphatic heterocycles. The number of hydrogen-bond acceptors (Lipinski definition) is 4. The van der Waals surface area contributed by atoms with Crippen LogP contribution in [0.15, 0.2) is 82.7 Å². The van der Waals surface area contributed by atoms with Crippen molar-refractivity contribution < 1.29 is 9.21 Å². The molecule has 0 saturated carbocycles. The van der Waals surface area contributed by atoms with Crippen LogP contribution < -0.4 is 10.9 Å². The number of carbonyl (C=O) groups is 1. The van der Waals surface area contributed by atoms with E-state index in [1.165, 1.54) is 12.3 Å². The summed E-state index contributed by atoms with van der Waals surface area (Å²) in [6.07, 6.45) is 6.66. The van der Waals surface area contributed by atoms with Crippen molar-refractivity contribution in [1.82, 2.24) is 14.5 Å². The second-order valence-corrected chi connectivity index (χ2v) is 5.57. The molecule has 26 heavy (non-hydrogen) atoms. The molecule has 3 aromatic heterocycles. The number of carbonyl (C=O) groups excluding carboxylic acids is 1. The number of nitrogens with one attached hydrogen (secondary N) is 2. The minimum absolute atomic E-state index is 0.0216. The number of benzene rings is 1. The Balaban J connectivity index is 1.57. The zero-order valence-corrected chi connectivity index (χ0v) is 13.5. The van der Waals surface area contributed by atoms with Crippen LogP contribution in [0, 0.1) is 0 Å². The lowest BCUT2D eigenvalue weighted by Gasteiger charge is -2.08. The summed E-state index contributed by atoms with van der Waals surface area (Å²) in [6.45, 7) is 0. The lowest BCUT2D eigenvalue weighted by atomic mass is 10.2. The molecule has 1 aromatic carbocycles. The van der Waals surface area contributed by atoms with Crippen LogP contribution in [0.3, 0.4) is 0 Å². The quantitative estimate of drug-likeness (QED) is 0.594. The van der Waals surface area contributed by atoms with E-state index in [2.05, 4.69) is 15.3 Å². The number of imidazole rings is 1. The fourth-order valence-electron chi connectivity index (χ4n) is 2.58. The van der Waals surface area contributed by atoms with Crippen molar-refractivity contribution in [3.8, 4) is 17.1 Å². The monoisotopic (exact) mass is 346 g/mol. The van der Waals surface area contributed by atoms with E-state index in [1.54, 1.807) is 49.1 Å². The van der Waals surface area contributed by atoms with Gasteiger partial charge < -0.3 is 19.3 Å². The molecule has 0 unspecified atom stereocenters. The van der Waals surface area contributed by atoms with Gasteiger partial charge in [-0.3, -0.25) is 9.59 Å². The van der Waals surface area contributed by atoms with Crippen molar-refractivity contribution in [2.24, 2.45) is 0 Å². The number of H-pyrrole nitrogens is 1. The first-order valence-corrected chi connectivity index (χ1v) is 7.88. The predicted octanol–water partition coefficient (Wildman–Crippen LogP) is 3.07. The fraction of sp³-hybridized carbons (Fsp3) is 0. The van der Waals surface area contributed by atoms with E-state index in [1.807, 2.05) is 16.7 Å². The fourth-order valence-corrected chi connectivity index (χ4v) is 2.58. The topological polar surface area (TPSA) is 92.9 Å². The maximum absolute atomic E-state index is 12.5. The summed E-state index contributed by atoms with van der Waals surface area (Å²) in [7, 11) is 0. The predicted molar refractivity (Wildman–Crippen MR) is 96.3 cm³/mol. The van der Waals surface area contributed by atoms with Crippen LogP contribution >= 0.6 is 0 Å². The molecular formula is C19H14N4O3. The number of aromatic nitrogens is 3. The van der Waals surface area contributed by atoms with Gasteiger partial charge in [0, 0.05) is 23.8 Å². The number of anilines is 1. The summed E-state index contributed by atoms with van der Waals surface area (Å²) >= 11 is 0. The van der Waals surface area contributed by atoms with Gasteiger partial charge in [0.25, 0.3) is 11.5 Å². The molecule has 2 N–H and O–H groups in total. The summed E-state index contributed by atoms with van der Waals surface area (Å²) < 4.78 is 7.06. The minimum atomic E-state index is -0.486. The number of amides is 1. The number of rotatable bonds is 4. The average molecular weight is 346 g/mol. The molecule has 0 spiro atoms. The maximum atomic E-state index is 12.5. The van der Waals surface area contributed by atoms with Gasteiger partial charge in [-0.2, -0.15) is 0 Å². The van der Waals surface area contributed by atoms with Gasteiger partial charge in [0.15, 0.2) is 0 Å². The molecule has 0 radical (unpaired) electrons. The van der Waals surface area contributed by atoms with Gasteiger partial charge in [-0.25, -0.2) is 4.98 Å². The first kappa shape index (κ1) is 15.6. The Bertz CT molecular complexity index is 1100. The van der Waals surface area contributed by atoms with Gasteiger partial charge in [-0.05, 0) is 42.5 Å². The van der Waals surface area contributed by atoms with Crippen LogP contribution in [0.4, 0.5) is 5.69 Å². The van der Waals surface area contributed by atoms with E-state index in [-0.39, 0.29) is 5.56 Å². The van der Waals surface area contributed by atoms with Crippen LogP contribution in [-0.4, -0.2) is 20.4 Å². The van der Waals surface area contributed by atoms with E-state index < -0.39 is 11.5 Å². The Labute approximate surface area is 147 Å². The number of aromatic amines is 1. The molecule has 4 rings (SSSR count). The van der Waals surface area contributed by atoms with E-state index >= 15 is 0 Å². The van der Waals surface area contributed by atoms with Gasteiger partial charge >= 0.3 is 0 Å². The lowest BCUT2D eigenvalue weighted by molar-refractivity contribution is 0.102. The van der Waals surface area contributed by atoms with Crippen LogP contribution in [0.25, 0.3) is 17.1 Å². The molecule has 3 heterocycles. The van der Waals surface area contributed by atoms with Crippen LogP contribution in [-0.2, 0) is 0 Å². The molecular weight excluding hydrogens is 332 g/mol. The Hall–Kier alpha value is -3.87. The highest BCUT2D eigenvalue weighted by Crippen LogP contribution is 2.17. The van der Waals surface area contributed by atoms with E-state index in [4.69, 9.17) is 4.42 Å². The number of furan rings is 1. The van der Waals surface area contributed by atoms with Crippen molar-refractivity contribution >= 4 is 11.6 Å². The molecule has 0 fully saturated rings. The Kier molecular flexibility index (Phi) is 3.95. The standard InChI is InChI=1S/C19H14N4O3/c24-18(15-6-7-16(22-19(15)25)17-5-2-10-26-17)21-13-3-1-4-14(11-13)23-9-8-20-12-23/h1-12H,(H,21,24)(H,22,25). The van der Waals surface area contributed by atoms with Gasteiger partial charge in [-0.1, -0.05) is 6.07 Å². The Morgan fingerprint density at radius 3 is 2.81 bits per heavy atom. The highest BCUT2D eigenvalue weighted by molar-refractivity contribution is 6.04. The van der Waals surface area contributed by atoms with Crippen molar-refractivity contribution in [2.45, 2.75) is 0 Å². The number of pyridine rings is 1. The Morgan fingerprint density at radius 2 is 2.08 bits per heavy atom. The highest BCUT2D eigenvalue weighted by Gasteiger charge is 2.13. The van der Waals surface area contributed by atoms with Crippen LogP contribution in [0.2, 0.25) is 0 Å². The van der Waals surface area contributed by atoms with Crippen molar-refractivity contribution in [1.29, 1.82) is 0 Å². The zero-order chi connectivity index (χ0) is 17.9. The van der Waals surface area contributed by atoms with Gasteiger partial charge in [0.05, 0.1) is 18.3 Å². The van der Waals surface area contributed by atoms with Crippen molar-refractivity contribution in [3.63, 3.8) is 0 Å². The van der Waals surface area contributed by atoms with Gasteiger partial charge in [0.2, 0.25) is 0 Å². The molecule has 0 atom stereocenters. The lowest BCUT2D eigenvalue weighted by Crippen LogP contribution is -2.23. The molecule has 0 aliphatic rings. The molecule has 0 aliphatic carbocycles. The third-order valence-corrected chi connectivity index (χ3v) is 3.85. The third-order valence-electron chi connectivity index (χ3n) is 3.85. The maximum Gasteiger partial charge on any atom is 0.261 e. The highest BCUT2D eigenvalue weighted by atomic mass is 16.3. The van der Waals surface area contributed by atoms with Crippen molar-refractivity contribution in [3.05, 3.63) is 89.4 Å². The second kappa shape index (κ2) is 6.56. The molecule has 0 saturated heterocycles. The Morgan fingerprint density at radius 1 is 1.15 bits per heavy atom. The van der Waals surface area contributed by atoms with Gasteiger partial charge in [0.1, 0.15) is 11.3 Å². The number of hydrogen-bond donors (Lipinski definition) is 2. The molecule has 1 amide bonds. The van der Waals surface area contributed by atoms with Crippen molar-refractivity contribution in [2.75, 3.05) is 5.32 Å². The molecule has 7 heteroatoms. The molecule has 7 nitrogen and oxygen atoms in total. The second-order valence-electron chi connectivity index (χ2n) is 5.57. The first-order chi connectivity index (χ1) is 12.7. The van der Waals surface area contributed by atoms with E-state index in [0.717, 1.165) is 5.69 Å². The van der Waals surface area contributed by atoms with E-state index in [0.29, 0.717) is 17.1 Å². The minimum Gasteiger partial charge on any atom is -0.463 e. The third kappa shape index (κ3) is 3.05. The average Bonchev–Trinajstić information content (AvgIpc) is 3.36.